The van der Waals surface area contributed by atoms with Crippen LogP contribution in [0.4, 0.5) is 17.1 Å². The Morgan fingerprint density at radius 3 is 2.40 bits per heavy atom. The molecule has 0 bridgehead atoms. The number of para-hydroxylation sites is 1. The van der Waals surface area contributed by atoms with E-state index < -0.39 is 0 Å². The van der Waals surface area contributed by atoms with Gasteiger partial charge in [-0.25, -0.2) is 9.98 Å². The van der Waals surface area contributed by atoms with Crippen LogP contribution < -0.4 is 20.7 Å². The molecule has 0 amide bonds. The molecule has 8 nitrogen and oxygen atoms in total. The van der Waals surface area contributed by atoms with E-state index in [2.05, 4.69) is 68.8 Å². The molecule has 0 unspecified atom stereocenters. The minimum Gasteiger partial charge on any atom is -0.494 e. The summed E-state index contributed by atoms with van der Waals surface area (Å²) in [6.45, 7) is 7.50. The first-order valence-electron chi connectivity index (χ1n) is 13.2. The molecule has 0 spiro atoms. The third-order valence-electron chi connectivity index (χ3n) is 6.95. The highest BCUT2D eigenvalue weighted by molar-refractivity contribution is 6.06. The molecule has 0 atom stereocenters. The molecule has 208 valence electrons. The molecule has 1 heterocycles. The summed E-state index contributed by atoms with van der Waals surface area (Å²) in [6.07, 6.45) is 2.00. The molecule has 1 aromatic heterocycles. The number of nitrogens with one attached hydrogen (secondary N) is 1. The Balaban J connectivity index is 1.76. The summed E-state index contributed by atoms with van der Waals surface area (Å²) in [6, 6.07) is 22.5. The fraction of sp³-hybridized carbons (Fsp3) is 0.250. The molecule has 0 aliphatic rings. The zero-order chi connectivity index (χ0) is 28.8. The monoisotopic (exact) mass is 537 g/mol. The highest BCUT2D eigenvalue weighted by Crippen LogP contribution is 2.39. The van der Waals surface area contributed by atoms with Gasteiger partial charge in [0.15, 0.2) is 0 Å². The van der Waals surface area contributed by atoms with Crippen LogP contribution in [0.15, 0.2) is 82.8 Å². The van der Waals surface area contributed by atoms with Crippen molar-refractivity contribution < 1.29 is 4.74 Å². The Morgan fingerprint density at radius 1 is 1.05 bits per heavy atom. The van der Waals surface area contributed by atoms with Crippen molar-refractivity contribution in [3.63, 3.8) is 0 Å². The van der Waals surface area contributed by atoms with Crippen LogP contribution in [-0.2, 0) is 7.05 Å². The quantitative estimate of drug-likeness (QED) is 0.156. The molecule has 0 fully saturated rings. The third-order valence-corrected chi connectivity index (χ3v) is 6.95. The number of ether oxygens (including phenoxy) is 1. The van der Waals surface area contributed by atoms with Crippen LogP contribution in [0.2, 0.25) is 0 Å². The van der Waals surface area contributed by atoms with E-state index in [9.17, 15) is 0 Å². The van der Waals surface area contributed by atoms with Gasteiger partial charge >= 0.3 is 0 Å². The number of aliphatic imine (C=N–C) groups is 2. The summed E-state index contributed by atoms with van der Waals surface area (Å²) < 4.78 is 7.94. The van der Waals surface area contributed by atoms with Crippen LogP contribution in [0.3, 0.4) is 0 Å². The molecule has 3 aromatic carbocycles. The molecule has 3 N–H and O–H groups in total. The minimum absolute atomic E-state index is 0.339. The van der Waals surface area contributed by atoms with E-state index in [0.717, 1.165) is 52.2 Å². The van der Waals surface area contributed by atoms with Crippen LogP contribution in [0, 0.1) is 0 Å². The molecule has 0 radical (unpaired) electrons. The Hall–Kier alpha value is -4.56. The van der Waals surface area contributed by atoms with Crippen LogP contribution in [-0.4, -0.2) is 63.5 Å². The van der Waals surface area contributed by atoms with Crippen LogP contribution in [0.25, 0.3) is 27.9 Å². The van der Waals surface area contributed by atoms with Gasteiger partial charge < -0.3 is 30.2 Å². The number of hydrogen-bond donors (Lipinski definition) is 2. The second kappa shape index (κ2) is 12.5. The summed E-state index contributed by atoms with van der Waals surface area (Å²) >= 11 is 0. The minimum atomic E-state index is 0.339. The summed E-state index contributed by atoms with van der Waals surface area (Å²) in [5.74, 6) is 0.973. The topological polar surface area (TPSA) is 83.4 Å². The zero-order valence-electron chi connectivity index (χ0n) is 24.3. The van der Waals surface area contributed by atoms with Crippen molar-refractivity contribution in [1.29, 1.82) is 0 Å². The average molecular weight is 538 g/mol. The predicted molar refractivity (Wildman–Crippen MR) is 172 cm³/mol. The number of aryl methyl sites for hydroxylation is 1. The number of likely N-dealkylation sites (N-methyl/N-ethyl adjacent to an activating group) is 2. The van der Waals surface area contributed by atoms with E-state index in [1.54, 1.807) is 7.11 Å². The van der Waals surface area contributed by atoms with Gasteiger partial charge in [0.05, 0.1) is 35.6 Å². The summed E-state index contributed by atoms with van der Waals surface area (Å²) in [5, 5.41) is 4.40. The number of hydrogen-bond acceptors (Lipinski definition) is 5. The summed E-state index contributed by atoms with van der Waals surface area (Å²) in [4.78, 5) is 13.4. The van der Waals surface area contributed by atoms with E-state index in [0.29, 0.717) is 23.1 Å². The molecular weight excluding hydrogens is 498 g/mol. The van der Waals surface area contributed by atoms with Crippen molar-refractivity contribution in [1.82, 2.24) is 9.47 Å². The maximum atomic E-state index is 6.49. The van der Waals surface area contributed by atoms with E-state index in [-0.39, 0.29) is 0 Å². The molecule has 4 aromatic rings. The van der Waals surface area contributed by atoms with Crippen LogP contribution >= 0.6 is 0 Å². The molecule has 0 saturated heterocycles. The number of methoxy groups -OCH3 is 1. The van der Waals surface area contributed by atoms with Gasteiger partial charge in [-0.05, 0) is 45.4 Å². The van der Waals surface area contributed by atoms with E-state index in [1.165, 1.54) is 0 Å². The number of allylic oxidation sites excluding steroid dienone is 1. The third kappa shape index (κ3) is 5.87. The van der Waals surface area contributed by atoms with E-state index in [4.69, 9.17) is 15.5 Å². The first kappa shape index (κ1) is 28.4. The lowest BCUT2D eigenvalue weighted by atomic mass is 10.0. The smallest absolute Gasteiger partial charge is 0.227 e. The highest BCUT2D eigenvalue weighted by atomic mass is 16.5. The van der Waals surface area contributed by atoms with E-state index in [1.807, 2.05) is 70.5 Å². The molecule has 0 aliphatic heterocycles. The number of anilines is 3. The maximum Gasteiger partial charge on any atom is 0.227 e. The van der Waals surface area contributed by atoms with Crippen LogP contribution in [0.1, 0.15) is 12.5 Å². The van der Waals surface area contributed by atoms with Crippen molar-refractivity contribution in [2.45, 2.75) is 6.92 Å². The number of fused-ring (bicyclic) bond motifs is 1. The highest BCUT2D eigenvalue weighted by Gasteiger charge is 2.20. The second-order valence-corrected chi connectivity index (χ2v) is 9.89. The lowest BCUT2D eigenvalue weighted by Crippen LogP contribution is -2.29. The largest absolute Gasteiger partial charge is 0.494 e. The fourth-order valence-electron chi connectivity index (χ4n) is 4.84. The Kier molecular flexibility index (Phi) is 8.91. The van der Waals surface area contributed by atoms with Gasteiger partial charge in [-0.2, -0.15) is 0 Å². The summed E-state index contributed by atoms with van der Waals surface area (Å²) in [7, 11) is 9.84. The second-order valence-electron chi connectivity index (χ2n) is 9.89. The number of nitrogens with zero attached hydrogens (tertiary/aromatic N) is 5. The number of benzene rings is 3. The van der Waals surface area contributed by atoms with Crippen molar-refractivity contribution in [2.75, 3.05) is 57.3 Å². The average Bonchev–Trinajstić information content (AvgIpc) is 3.26. The summed E-state index contributed by atoms with van der Waals surface area (Å²) in [5.41, 5.74) is 13.8. The van der Waals surface area contributed by atoms with Gasteiger partial charge in [0.2, 0.25) is 5.96 Å². The van der Waals surface area contributed by atoms with Crippen LogP contribution in [0.5, 0.6) is 5.75 Å². The maximum absolute atomic E-state index is 6.49. The molecule has 0 saturated carbocycles. The Labute approximate surface area is 237 Å². The molecule has 40 heavy (non-hydrogen) atoms. The van der Waals surface area contributed by atoms with Gasteiger partial charge in [0.1, 0.15) is 5.75 Å². The molecule has 0 aliphatic carbocycles. The Morgan fingerprint density at radius 2 is 1.75 bits per heavy atom. The van der Waals surface area contributed by atoms with Crippen molar-refractivity contribution >= 4 is 46.3 Å². The van der Waals surface area contributed by atoms with E-state index >= 15 is 0 Å². The van der Waals surface area contributed by atoms with Gasteiger partial charge in [0.25, 0.3) is 0 Å². The zero-order valence-corrected chi connectivity index (χ0v) is 24.3. The molecule has 4 rings (SSSR count). The molecular formula is C32H39N7O. The van der Waals surface area contributed by atoms with Gasteiger partial charge in [0, 0.05) is 49.7 Å². The first-order valence-corrected chi connectivity index (χ1v) is 13.2. The van der Waals surface area contributed by atoms with Gasteiger partial charge in [-0.1, -0.05) is 54.6 Å². The number of nitrogens with two attached hydrogens (primary N) is 1. The molecule has 8 heteroatoms. The predicted octanol–water partition coefficient (Wildman–Crippen LogP) is 5.96. The first-order chi connectivity index (χ1) is 19.3. The number of rotatable bonds is 9. The number of guanidine groups is 1. The van der Waals surface area contributed by atoms with Crippen molar-refractivity contribution in [2.24, 2.45) is 17.0 Å². The van der Waals surface area contributed by atoms with Crippen molar-refractivity contribution in [3.8, 4) is 17.0 Å². The Bertz CT molecular complexity index is 1550. The van der Waals surface area contributed by atoms with Crippen molar-refractivity contribution in [3.05, 3.63) is 78.4 Å². The fourth-order valence-corrected chi connectivity index (χ4v) is 4.84. The number of nitrogen functional groups attached to an aromatic ring is 1. The van der Waals surface area contributed by atoms with Gasteiger partial charge in [-0.15, -0.1) is 0 Å². The normalized spacial score (nSPS) is 12.2. The standard InChI is InChI=1S/C32H39N7O/c1-8-25(30-23-16-12-13-17-27(23)39(6)31(30)22-14-10-9-11-15-22)35-32(34-2)36-26-20-24(33)28(21-29(26)40-7)38(5)19-18-37(3)4/h8-17,20-21H,2,18-19,33H2,1,3-7H3,(H,35,36)/b25-8-. The lowest BCUT2D eigenvalue weighted by Gasteiger charge is -2.24. The lowest BCUT2D eigenvalue weighted by molar-refractivity contribution is 0.413. The SMILES string of the molecule is C=NC(=N/C(=C\C)c1c(-c2ccccc2)n(C)c2ccccc12)Nc1cc(N)c(N(C)CCN(C)C)cc1OC. The van der Waals surface area contributed by atoms with Gasteiger partial charge in [-0.3, -0.25) is 0 Å². The number of aromatic nitrogens is 1.